The zero-order valence-corrected chi connectivity index (χ0v) is 14.1. The van der Waals surface area contributed by atoms with Crippen LogP contribution >= 0.6 is 35.0 Å². The Morgan fingerprint density at radius 1 is 1.32 bits per heavy atom. The summed E-state index contributed by atoms with van der Waals surface area (Å²) in [6.07, 6.45) is 0.326. The fourth-order valence-corrected chi connectivity index (χ4v) is 4.15. The van der Waals surface area contributed by atoms with Crippen molar-refractivity contribution in [2.24, 2.45) is 0 Å². The lowest BCUT2D eigenvalue weighted by Crippen LogP contribution is -2.54. The molecule has 2 rings (SSSR count). The van der Waals surface area contributed by atoms with Crippen LogP contribution in [0.15, 0.2) is 11.3 Å². The van der Waals surface area contributed by atoms with Gasteiger partial charge in [0, 0.05) is 30.6 Å². The average molecular weight is 367 g/mol. The summed E-state index contributed by atoms with van der Waals surface area (Å²) in [6, 6.07) is 0. The third kappa shape index (κ3) is 3.52. The highest BCUT2D eigenvalue weighted by molar-refractivity contribution is 8.00. The van der Waals surface area contributed by atoms with Gasteiger partial charge >= 0.3 is 5.97 Å². The van der Waals surface area contributed by atoms with Crippen molar-refractivity contribution in [3.63, 3.8) is 0 Å². The molecule has 0 bridgehead atoms. The smallest absolute Gasteiger partial charge is 0.352 e. The fourth-order valence-electron chi connectivity index (χ4n) is 2.47. The van der Waals surface area contributed by atoms with Gasteiger partial charge in [-0.05, 0) is 5.57 Å². The largest absolute Gasteiger partial charge is 0.477 e. The van der Waals surface area contributed by atoms with Crippen molar-refractivity contribution in [2.75, 3.05) is 30.6 Å². The first-order chi connectivity index (χ1) is 10.5. The number of nitrogens with zero attached hydrogens (tertiary/aromatic N) is 2. The summed E-state index contributed by atoms with van der Waals surface area (Å²) in [5.41, 5.74) is 0.436. The van der Waals surface area contributed by atoms with E-state index in [9.17, 15) is 19.5 Å². The summed E-state index contributed by atoms with van der Waals surface area (Å²) in [4.78, 5) is 38.2. The molecule has 6 nitrogen and oxygen atoms in total. The number of fused-ring (bicyclic) bond motifs is 1. The van der Waals surface area contributed by atoms with Crippen LogP contribution in [0.2, 0.25) is 0 Å². The molecule has 1 saturated heterocycles. The minimum atomic E-state index is -1.16. The van der Waals surface area contributed by atoms with Crippen molar-refractivity contribution in [1.29, 1.82) is 0 Å². The van der Waals surface area contributed by atoms with Crippen LogP contribution in [-0.4, -0.2) is 68.7 Å². The Hall–Kier alpha value is -0.920. The number of carboxylic acid groups (broad SMARTS) is 1. The van der Waals surface area contributed by atoms with Crippen LogP contribution in [0.4, 0.5) is 0 Å². The number of hydrogen-bond donors (Lipinski definition) is 1. The second kappa shape index (κ2) is 7.57. The molecule has 0 saturated carbocycles. The SMILES string of the molecule is O=C(O)C1=C(CC(=O)N(CCCl)CCCl)CS[C@H]2CC(=O)N12. The molecule has 2 aliphatic heterocycles. The van der Waals surface area contributed by atoms with E-state index in [-0.39, 0.29) is 41.1 Å². The monoisotopic (exact) mass is 366 g/mol. The van der Waals surface area contributed by atoms with Crippen LogP contribution in [0.3, 0.4) is 0 Å². The molecule has 0 spiro atoms. The Kier molecular flexibility index (Phi) is 6.00. The lowest BCUT2D eigenvalue weighted by Gasteiger charge is -2.44. The molecule has 22 heavy (non-hydrogen) atoms. The number of alkyl halides is 2. The van der Waals surface area contributed by atoms with Crippen molar-refractivity contribution in [2.45, 2.75) is 18.2 Å². The predicted molar refractivity (Wildman–Crippen MR) is 85.0 cm³/mol. The quantitative estimate of drug-likeness (QED) is 0.543. The fraction of sp³-hybridized carbons (Fsp3) is 0.615. The van der Waals surface area contributed by atoms with Crippen molar-refractivity contribution >= 4 is 52.7 Å². The van der Waals surface area contributed by atoms with E-state index >= 15 is 0 Å². The first kappa shape index (κ1) is 17.4. The molecule has 1 fully saturated rings. The number of rotatable bonds is 7. The highest BCUT2D eigenvalue weighted by Crippen LogP contribution is 2.40. The number of halogens is 2. The lowest BCUT2D eigenvalue weighted by atomic mass is 10.0. The molecule has 1 N–H and O–H groups in total. The molecule has 2 heterocycles. The number of amides is 2. The minimum absolute atomic E-state index is 0.0289. The van der Waals surface area contributed by atoms with Crippen LogP contribution in [0.1, 0.15) is 12.8 Å². The molecular formula is C13H16Cl2N2O4S. The van der Waals surface area contributed by atoms with E-state index in [1.165, 1.54) is 21.6 Å². The maximum Gasteiger partial charge on any atom is 0.352 e. The summed E-state index contributed by atoms with van der Waals surface area (Å²) < 4.78 is 0. The normalized spacial score (nSPS) is 20.5. The Morgan fingerprint density at radius 3 is 2.45 bits per heavy atom. The third-order valence-electron chi connectivity index (χ3n) is 3.56. The van der Waals surface area contributed by atoms with Gasteiger partial charge in [-0.3, -0.25) is 14.5 Å². The van der Waals surface area contributed by atoms with E-state index in [1.807, 2.05) is 0 Å². The van der Waals surface area contributed by atoms with Gasteiger partial charge in [0.15, 0.2) is 0 Å². The molecule has 0 aromatic heterocycles. The summed E-state index contributed by atoms with van der Waals surface area (Å²) >= 11 is 12.8. The molecule has 1 atom stereocenters. The molecular weight excluding hydrogens is 351 g/mol. The predicted octanol–water partition coefficient (Wildman–Crippen LogP) is 1.33. The molecule has 2 aliphatic rings. The summed E-state index contributed by atoms with van der Waals surface area (Å²) in [5, 5.41) is 9.27. The number of carbonyl (C=O) groups is 3. The Balaban J connectivity index is 2.17. The van der Waals surface area contributed by atoms with Gasteiger partial charge in [-0.1, -0.05) is 0 Å². The number of hydrogen-bond acceptors (Lipinski definition) is 4. The summed E-state index contributed by atoms with van der Waals surface area (Å²) in [5.74, 6) is -0.580. The van der Waals surface area contributed by atoms with Gasteiger partial charge in [-0.15, -0.1) is 35.0 Å². The van der Waals surface area contributed by atoms with E-state index in [0.717, 1.165) is 0 Å². The molecule has 9 heteroatoms. The zero-order chi connectivity index (χ0) is 16.3. The van der Waals surface area contributed by atoms with Crippen LogP contribution < -0.4 is 0 Å². The molecule has 0 aliphatic carbocycles. The standard InChI is InChI=1S/C13H16Cl2N2O4S/c14-1-3-16(4-2-15)9(18)5-8-7-22-11-6-10(19)17(11)12(8)13(20)21/h11H,1-7H2,(H,20,21)/t11-/m0/s1. The molecule has 0 radical (unpaired) electrons. The van der Waals surface area contributed by atoms with Gasteiger partial charge in [0.25, 0.3) is 0 Å². The molecule has 0 aromatic rings. The van der Waals surface area contributed by atoms with Crippen LogP contribution in [-0.2, 0) is 14.4 Å². The van der Waals surface area contributed by atoms with Crippen LogP contribution in [0, 0.1) is 0 Å². The minimum Gasteiger partial charge on any atom is -0.477 e. The van der Waals surface area contributed by atoms with E-state index in [0.29, 0.717) is 30.8 Å². The second-order valence-electron chi connectivity index (χ2n) is 4.93. The van der Waals surface area contributed by atoms with E-state index in [4.69, 9.17) is 23.2 Å². The highest BCUT2D eigenvalue weighted by Gasteiger charge is 2.45. The Morgan fingerprint density at radius 2 is 1.95 bits per heavy atom. The van der Waals surface area contributed by atoms with Gasteiger partial charge in [0.05, 0.1) is 18.2 Å². The number of aliphatic carboxylic acids is 1. The van der Waals surface area contributed by atoms with Gasteiger partial charge in [-0.25, -0.2) is 4.79 Å². The van der Waals surface area contributed by atoms with Gasteiger partial charge in [0.1, 0.15) is 5.70 Å². The highest BCUT2D eigenvalue weighted by atomic mass is 35.5. The number of carboxylic acids is 1. The molecule has 0 unspecified atom stereocenters. The van der Waals surface area contributed by atoms with Gasteiger partial charge in [-0.2, -0.15) is 0 Å². The number of β-lactam (4-membered cyclic amide) rings is 1. The second-order valence-corrected chi connectivity index (χ2v) is 6.85. The van der Waals surface area contributed by atoms with Crippen molar-refractivity contribution in [3.05, 3.63) is 11.3 Å². The van der Waals surface area contributed by atoms with Gasteiger partial charge < -0.3 is 10.0 Å². The number of thioether (sulfide) groups is 1. The van der Waals surface area contributed by atoms with Gasteiger partial charge in [0.2, 0.25) is 11.8 Å². The molecule has 122 valence electrons. The van der Waals surface area contributed by atoms with E-state index < -0.39 is 5.97 Å². The topological polar surface area (TPSA) is 77.9 Å². The third-order valence-corrected chi connectivity index (χ3v) is 5.18. The molecule has 0 aromatic carbocycles. The summed E-state index contributed by atoms with van der Waals surface area (Å²) in [6.45, 7) is 0.725. The van der Waals surface area contributed by atoms with Crippen molar-refractivity contribution in [1.82, 2.24) is 9.80 Å². The lowest BCUT2D eigenvalue weighted by molar-refractivity contribution is -0.146. The maximum absolute atomic E-state index is 12.3. The first-order valence-electron chi connectivity index (χ1n) is 6.78. The average Bonchev–Trinajstić information content (AvgIpc) is 2.46. The van der Waals surface area contributed by atoms with Crippen molar-refractivity contribution < 1.29 is 19.5 Å². The van der Waals surface area contributed by atoms with E-state index in [1.54, 1.807) is 0 Å². The summed E-state index contributed by atoms with van der Waals surface area (Å²) in [7, 11) is 0. The zero-order valence-electron chi connectivity index (χ0n) is 11.8. The number of carbonyl (C=O) groups excluding carboxylic acids is 2. The Labute approximate surface area is 142 Å². The maximum atomic E-state index is 12.3. The molecule has 2 amide bonds. The van der Waals surface area contributed by atoms with E-state index in [2.05, 4.69) is 0 Å². The van der Waals surface area contributed by atoms with Crippen molar-refractivity contribution in [3.8, 4) is 0 Å². The first-order valence-corrected chi connectivity index (χ1v) is 8.90. The van der Waals surface area contributed by atoms with Crippen LogP contribution in [0.5, 0.6) is 0 Å². The van der Waals surface area contributed by atoms with Crippen LogP contribution in [0.25, 0.3) is 0 Å². The Bertz CT molecular complexity index is 520.